The Hall–Kier alpha value is -2.17. The van der Waals surface area contributed by atoms with Crippen molar-refractivity contribution in [3.63, 3.8) is 0 Å². The zero-order valence-electron chi connectivity index (χ0n) is 12.8. The molecule has 2 heterocycles. The van der Waals surface area contributed by atoms with Gasteiger partial charge in [-0.15, -0.1) is 0 Å². The number of rotatable bonds is 4. The van der Waals surface area contributed by atoms with E-state index < -0.39 is 0 Å². The molecule has 116 valence electrons. The van der Waals surface area contributed by atoms with E-state index in [0.717, 1.165) is 24.6 Å². The number of nitrogens with one attached hydrogen (secondary N) is 1. The van der Waals surface area contributed by atoms with Crippen LogP contribution in [0.3, 0.4) is 0 Å². The van der Waals surface area contributed by atoms with Gasteiger partial charge in [-0.2, -0.15) is 4.98 Å². The van der Waals surface area contributed by atoms with E-state index in [1.165, 1.54) is 25.3 Å². The standard InChI is InChI=1S/C17H21FN4/c1-13-11-16(22-9-5-2-6-10-22)21-17(20-13)19-12-14-7-3-4-8-15(14)18/h3-4,7-8,11H,2,5-6,9-10,12H2,1H3,(H,19,20,21). The number of anilines is 2. The van der Waals surface area contributed by atoms with E-state index >= 15 is 0 Å². The van der Waals surface area contributed by atoms with Gasteiger partial charge >= 0.3 is 0 Å². The van der Waals surface area contributed by atoms with Gasteiger partial charge in [0.2, 0.25) is 5.95 Å². The summed E-state index contributed by atoms with van der Waals surface area (Å²) in [5.74, 6) is 1.31. The summed E-state index contributed by atoms with van der Waals surface area (Å²) in [5, 5.41) is 3.13. The summed E-state index contributed by atoms with van der Waals surface area (Å²) in [6.45, 7) is 4.44. The zero-order chi connectivity index (χ0) is 15.4. The minimum absolute atomic E-state index is 0.209. The summed E-state index contributed by atoms with van der Waals surface area (Å²) in [6.07, 6.45) is 3.71. The van der Waals surface area contributed by atoms with E-state index in [9.17, 15) is 4.39 Å². The Morgan fingerprint density at radius 1 is 1.14 bits per heavy atom. The normalized spacial score (nSPS) is 14.9. The van der Waals surface area contributed by atoms with E-state index in [1.54, 1.807) is 12.1 Å². The van der Waals surface area contributed by atoms with Crippen molar-refractivity contribution in [2.24, 2.45) is 0 Å². The highest BCUT2D eigenvalue weighted by Gasteiger charge is 2.14. The summed E-state index contributed by atoms with van der Waals surface area (Å²) < 4.78 is 13.7. The fourth-order valence-corrected chi connectivity index (χ4v) is 2.73. The predicted octanol–water partition coefficient (Wildman–Crippen LogP) is 3.53. The number of benzene rings is 1. The maximum absolute atomic E-state index is 13.7. The molecule has 0 radical (unpaired) electrons. The van der Waals surface area contributed by atoms with Crippen LogP contribution in [0, 0.1) is 12.7 Å². The van der Waals surface area contributed by atoms with Crippen molar-refractivity contribution < 1.29 is 4.39 Å². The van der Waals surface area contributed by atoms with Crippen LogP contribution in [0.25, 0.3) is 0 Å². The molecule has 0 amide bonds. The molecule has 3 rings (SSSR count). The highest BCUT2D eigenvalue weighted by Crippen LogP contribution is 2.20. The highest BCUT2D eigenvalue weighted by molar-refractivity contribution is 5.45. The fraction of sp³-hybridized carbons (Fsp3) is 0.412. The second-order valence-electron chi connectivity index (χ2n) is 5.68. The molecule has 0 aliphatic carbocycles. The third kappa shape index (κ3) is 3.53. The van der Waals surface area contributed by atoms with Crippen molar-refractivity contribution >= 4 is 11.8 Å². The van der Waals surface area contributed by atoms with E-state index in [4.69, 9.17) is 0 Å². The van der Waals surface area contributed by atoms with E-state index in [-0.39, 0.29) is 5.82 Å². The molecule has 1 fully saturated rings. The Bertz CT molecular complexity index is 638. The van der Waals surface area contributed by atoms with Gasteiger partial charge in [0.1, 0.15) is 11.6 Å². The van der Waals surface area contributed by atoms with E-state index in [2.05, 4.69) is 20.2 Å². The molecule has 2 aromatic rings. The number of aromatic nitrogens is 2. The molecule has 5 heteroatoms. The van der Waals surface area contributed by atoms with Gasteiger partial charge in [-0.25, -0.2) is 9.37 Å². The summed E-state index contributed by atoms with van der Waals surface area (Å²) in [5.41, 5.74) is 1.54. The molecule has 22 heavy (non-hydrogen) atoms. The molecule has 1 N–H and O–H groups in total. The lowest BCUT2D eigenvalue weighted by Gasteiger charge is -2.28. The van der Waals surface area contributed by atoms with Gasteiger partial charge in [-0.3, -0.25) is 0 Å². The van der Waals surface area contributed by atoms with Gasteiger partial charge in [0.05, 0.1) is 0 Å². The third-order valence-corrected chi connectivity index (χ3v) is 3.92. The van der Waals surface area contributed by atoms with Crippen molar-refractivity contribution in [3.8, 4) is 0 Å². The summed E-state index contributed by atoms with van der Waals surface area (Å²) in [6, 6.07) is 8.77. The van der Waals surface area contributed by atoms with Crippen LogP contribution in [0.2, 0.25) is 0 Å². The van der Waals surface area contributed by atoms with Crippen LogP contribution in [0.15, 0.2) is 30.3 Å². The number of piperidine rings is 1. The molecular formula is C17H21FN4. The Morgan fingerprint density at radius 2 is 1.91 bits per heavy atom. The Balaban J connectivity index is 1.73. The van der Waals surface area contributed by atoms with Gasteiger partial charge in [-0.1, -0.05) is 18.2 Å². The van der Waals surface area contributed by atoms with Gasteiger partial charge in [0.15, 0.2) is 0 Å². The van der Waals surface area contributed by atoms with Crippen LogP contribution in [0.1, 0.15) is 30.5 Å². The first-order valence-corrected chi connectivity index (χ1v) is 7.80. The zero-order valence-corrected chi connectivity index (χ0v) is 12.8. The van der Waals surface area contributed by atoms with Crippen molar-refractivity contribution in [1.29, 1.82) is 0 Å². The number of nitrogens with zero attached hydrogens (tertiary/aromatic N) is 3. The molecule has 4 nitrogen and oxygen atoms in total. The summed E-state index contributed by atoms with van der Waals surface area (Å²) >= 11 is 0. The van der Waals surface area contributed by atoms with Crippen molar-refractivity contribution in [3.05, 3.63) is 47.4 Å². The first kappa shape index (κ1) is 14.8. The molecule has 1 aromatic carbocycles. The molecule has 0 bridgehead atoms. The van der Waals surface area contributed by atoms with Crippen molar-refractivity contribution in [1.82, 2.24) is 9.97 Å². The first-order chi connectivity index (χ1) is 10.7. The molecule has 1 aliphatic rings. The first-order valence-electron chi connectivity index (χ1n) is 7.80. The molecular weight excluding hydrogens is 279 g/mol. The van der Waals surface area contributed by atoms with Gasteiger partial charge in [0.25, 0.3) is 0 Å². The SMILES string of the molecule is Cc1cc(N2CCCCC2)nc(NCc2ccccc2F)n1. The minimum atomic E-state index is -0.209. The molecule has 1 saturated heterocycles. The molecule has 0 unspecified atom stereocenters. The van der Waals surface area contributed by atoms with Crippen molar-refractivity contribution in [2.45, 2.75) is 32.7 Å². The van der Waals surface area contributed by atoms with E-state index in [1.807, 2.05) is 19.1 Å². The number of halogens is 1. The Labute approximate surface area is 130 Å². The van der Waals surface area contributed by atoms with Crippen LogP contribution in [0.4, 0.5) is 16.2 Å². The summed E-state index contributed by atoms with van der Waals surface area (Å²) in [7, 11) is 0. The Morgan fingerprint density at radius 3 is 2.68 bits per heavy atom. The second-order valence-corrected chi connectivity index (χ2v) is 5.68. The highest BCUT2D eigenvalue weighted by atomic mass is 19.1. The monoisotopic (exact) mass is 300 g/mol. The second kappa shape index (κ2) is 6.73. The third-order valence-electron chi connectivity index (χ3n) is 3.92. The number of hydrogen-bond donors (Lipinski definition) is 1. The Kier molecular flexibility index (Phi) is 4.51. The quantitative estimate of drug-likeness (QED) is 0.938. The maximum atomic E-state index is 13.7. The summed E-state index contributed by atoms with van der Waals surface area (Å²) in [4.78, 5) is 11.3. The smallest absolute Gasteiger partial charge is 0.225 e. The molecule has 0 atom stereocenters. The van der Waals surface area contributed by atoms with Crippen LogP contribution in [-0.4, -0.2) is 23.1 Å². The molecule has 0 saturated carbocycles. The predicted molar refractivity (Wildman–Crippen MR) is 86.6 cm³/mol. The van der Waals surface area contributed by atoms with Gasteiger partial charge in [0, 0.05) is 37.0 Å². The van der Waals surface area contributed by atoms with Crippen LogP contribution in [-0.2, 0) is 6.54 Å². The van der Waals surface area contributed by atoms with Crippen LogP contribution >= 0.6 is 0 Å². The maximum Gasteiger partial charge on any atom is 0.225 e. The van der Waals surface area contributed by atoms with Crippen molar-refractivity contribution in [2.75, 3.05) is 23.3 Å². The lowest BCUT2D eigenvalue weighted by atomic mass is 10.1. The molecule has 0 spiro atoms. The van der Waals surface area contributed by atoms with Gasteiger partial charge < -0.3 is 10.2 Å². The largest absolute Gasteiger partial charge is 0.356 e. The van der Waals surface area contributed by atoms with Crippen LogP contribution < -0.4 is 10.2 Å². The topological polar surface area (TPSA) is 41.1 Å². The average Bonchev–Trinajstić information content (AvgIpc) is 2.54. The minimum Gasteiger partial charge on any atom is -0.356 e. The average molecular weight is 300 g/mol. The molecule has 1 aromatic heterocycles. The number of aryl methyl sites for hydroxylation is 1. The van der Waals surface area contributed by atoms with E-state index in [0.29, 0.717) is 18.1 Å². The molecule has 1 aliphatic heterocycles. The van der Waals surface area contributed by atoms with Crippen LogP contribution in [0.5, 0.6) is 0 Å². The number of hydrogen-bond acceptors (Lipinski definition) is 4. The van der Waals surface area contributed by atoms with Gasteiger partial charge in [-0.05, 0) is 32.3 Å². The fourth-order valence-electron chi connectivity index (χ4n) is 2.73. The lowest BCUT2D eigenvalue weighted by molar-refractivity contribution is 0.573. The lowest BCUT2D eigenvalue weighted by Crippen LogP contribution is -2.30.